The molecule has 134 valence electrons. The lowest BCUT2D eigenvalue weighted by Gasteiger charge is -2.24. The summed E-state index contributed by atoms with van der Waals surface area (Å²) in [6, 6.07) is 24.9. The van der Waals surface area contributed by atoms with Crippen LogP contribution in [0.1, 0.15) is 34.7 Å². The van der Waals surface area contributed by atoms with E-state index in [0.717, 1.165) is 35.0 Å². The molecule has 1 atom stereocenters. The van der Waals surface area contributed by atoms with E-state index in [1.807, 2.05) is 30.3 Å². The van der Waals surface area contributed by atoms with Crippen LogP contribution in [0.5, 0.6) is 5.75 Å². The lowest BCUT2D eigenvalue weighted by atomic mass is 9.97. The Balaban J connectivity index is 1.59. The van der Waals surface area contributed by atoms with Gasteiger partial charge in [0, 0.05) is 17.0 Å². The van der Waals surface area contributed by atoms with Crippen LogP contribution in [0.25, 0.3) is 0 Å². The van der Waals surface area contributed by atoms with Gasteiger partial charge >= 0.3 is 0 Å². The Morgan fingerprint density at radius 3 is 2.48 bits per heavy atom. The van der Waals surface area contributed by atoms with Gasteiger partial charge in [0.05, 0.1) is 18.3 Å². The molecule has 0 N–H and O–H groups in total. The van der Waals surface area contributed by atoms with Crippen molar-refractivity contribution >= 4 is 17.3 Å². The molecule has 0 spiro atoms. The van der Waals surface area contributed by atoms with Crippen molar-refractivity contribution in [2.75, 3.05) is 0 Å². The largest absolute Gasteiger partial charge is 0.489 e. The Morgan fingerprint density at radius 1 is 0.889 bits per heavy atom. The molecule has 2 aliphatic heterocycles. The fourth-order valence-electron chi connectivity index (χ4n) is 3.86. The van der Waals surface area contributed by atoms with Gasteiger partial charge in [0.15, 0.2) is 0 Å². The SMILES string of the molecule is Clc1ccc(C2=NN3Cc4ccccc4COc4ccccc4C3C2)cc1. The highest BCUT2D eigenvalue weighted by molar-refractivity contribution is 6.30. The number of hydrazone groups is 1. The first-order chi connectivity index (χ1) is 13.3. The summed E-state index contributed by atoms with van der Waals surface area (Å²) in [5, 5.41) is 7.95. The summed E-state index contributed by atoms with van der Waals surface area (Å²) in [6.45, 7) is 1.36. The number of hydrogen-bond acceptors (Lipinski definition) is 3. The Hall–Kier alpha value is -2.78. The highest BCUT2D eigenvalue weighted by atomic mass is 35.5. The molecular formula is C23H19ClN2O. The van der Waals surface area contributed by atoms with E-state index in [1.165, 1.54) is 16.7 Å². The first kappa shape index (κ1) is 16.4. The average Bonchev–Trinajstić information content (AvgIpc) is 3.13. The van der Waals surface area contributed by atoms with Crippen LogP contribution in [0, 0.1) is 0 Å². The first-order valence-corrected chi connectivity index (χ1v) is 9.54. The minimum Gasteiger partial charge on any atom is -0.489 e. The molecule has 0 saturated heterocycles. The summed E-state index contributed by atoms with van der Waals surface area (Å²) in [4.78, 5) is 0. The van der Waals surface area contributed by atoms with Crippen LogP contribution >= 0.6 is 11.6 Å². The van der Waals surface area contributed by atoms with E-state index in [9.17, 15) is 0 Å². The van der Waals surface area contributed by atoms with Crippen LogP contribution in [-0.2, 0) is 13.2 Å². The Bertz CT molecular complexity index is 1010. The van der Waals surface area contributed by atoms with Crippen molar-refractivity contribution in [2.24, 2.45) is 5.10 Å². The van der Waals surface area contributed by atoms with Crippen molar-refractivity contribution in [1.82, 2.24) is 5.01 Å². The van der Waals surface area contributed by atoms with Crippen molar-refractivity contribution in [2.45, 2.75) is 25.6 Å². The zero-order valence-electron chi connectivity index (χ0n) is 14.8. The van der Waals surface area contributed by atoms with Gasteiger partial charge in [-0.3, -0.25) is 5.01 Å². The van der Waals surface area contributed by atoms with Crippen LogP contribution in [0.15, 0.2) is 77.9 Å². The van der Waals surface area contributed by atoms with Crippen LogP contribution in [-0.4, -0.2) is 10.7 Å². The number of halogens is 1. The second-order valence-corrected chi connectivity index (χ2v) is 7.40. The number of ether oxygens (including phenoxy) is 1. The van der Waals surface area contributed by atoms with Gasteiger partial charge in [-0.05, 0) is 34.9 Å². The summed E-state index contributed by atoms with van der Waals surface area (Å²) >= 11 is 6.06. The van der Waals surface area contributed by atoms with Gasteiger partial charge in [-0.1, -0.05) is 66.2 Å². The average molecular weight is 375 g/mol. The fourth-order valence-corrected chi connectivity index (χ4v) is 3.98. The molecule has 27 heavy (non-hydrogen) atoms. The minimum absolute atomic E-state index is 0.165. The number of benzene rings is 3. The van der Waals surface area contributed by atoms with Crippen molar-refractivity contribution in [3.05, 3.63) is 100 Å². The Morgan fingerprint density at radius 2 is 1.63 bits per heavy atom. The lowest BCUT2D eigenvalue weighted by Crippen LogP contribution is -2.19. The number of para-hydroxylation sites is 1. The second kappa shape index (κ2) is 6.75. The highest BCUT2D eigenvalue weighted by Gasteiger charge is 2.32. The van der Waals surface area contributed by atoms with Crippen LogP contribution < -0.4 is 4.74 Å². The van der Waals surface area contributed by atoms with Crippen molar-refractivity contribution in [1.29, 1.82) is 0 Å². The molecule has 0 radical (unpaired) electrons. The fraction of sp³-hybridized carbons (Fsp3) is 0.174. The van der Waals surface area contributed by atoms with Gasteiger partial charge in [0.1, 0.15) is 12.4 Å². The third kappa shape index (κ3) is 3.08. The molecule has 3 nitrogen and oxygen atoms in total. The molecule has 1 unspecified atom stereocenters. The molecule has 2 aliphatic rings. The van der Waals surface area contributed by atoms with E-state index >= 15 is 0 Å². The van der Waals surface area contributed by atoms with Crippen molar-refractivity contribution in [3.8, 4) is 5.75 Å². The molecule has 5 rings (SSSR count). The van der Waals surface area contributed by atoms with E-state index in [4.69, 9.17) is 21.4 Å². The summed E-state index contributed by atoms with van der Waals surface area (Å²) in [7, 11) is 0. The summed E-state index contributed by atoms with van der Waals surface area (Å²) in [5.41, 5.74) is 5.87. The van der Waals surface area contributed by atoms with Gasteiger partial charge in [-0.25, -0.2) is 0 Å². The molecule has 0 saturated carbocycles. The third-order valence-electron chi connectivity index (χ3n) is 5.28. The van der Waals surface area contributed by atoms with E-state index in [1.54, 1.807) is 0 Å². The van der Waals surface area contributed by atoms with Crippen LogP contribution in [0.4, 0.5) is 0 Å². The zero-order chi connectivity index (χ0) is 18.2. The molecule has 4 heteroatoms. The quantitative estimate of drug-likeness (QED) is 0.555. The standard InChI is InChI=1S/C23H19ClN2O/c24-19-11-9-16(10-12-19)21-13-22-20-7-3-4-8-23(20)27-15-18-6-2-1-5-17(18)14-26(22)25-21/h1-12,22H,13-15H2. The van der Waals surface area contributed by atoms with E-state index < -0.39 is 0 Å². The highest BCUT2D eigenvalue weighted by Crippen LogP contribution is 2.39. The van der Waals surface area contributed by atoms with Crippen molar-refractivity contribution < 1.29 is 4.74 Å². The van der Waals surface area contributed by atoms with Crippen LogP contribution in [0.2, 0.25) is 5.02 Å². The zero-order valence-corrected chi connectivity index (χ0v) is 15.6. The number of nitrogens with zero attached hydrogens (tertiary/aromatic N) is 2. The monoisotopic (exact) mass is 374 g/mol. The smallest absolute Gasteiger partial charge is 0.125 e. The number of hydrogen-bond donors (Lipinski definition) is 0. The maximum atomic E-state index is 6.20. The normalized spacial score (nSPS) is 18.2. The topological polar surface area (TPSA) is 24.8 Å². The van der Waals surface area contributed by atoms with Crippen LogP contribution in [0.3, 0.4) is 0 Å². The predicted octanol–water partition coefficient (Wildman–Crippen LogP) is 5.58. The number of rotatable bonds is 1. The predicted molar refractivity (Wildman–Crippen MR) is 108 cm³/mol. The second-order valence-electron chi connectivity index (χ2n) is 6.97. The summed E-state index contributed by atoms with van der Waals surface area (Å²) < 4.78 is 6.20. The maximum Gasteiger partial charge on any atom is 0.125 e. The first-order valence-electron chi connectivity index (χ1n) is 9.16. The molecule has 0 fully saturated rings. The lowest BCUT2D eigenvalue weighted by molar-refractivity contribution is 0.221. The molecule has 3 aromatic carbocycles. The number of fused-ring (bicyclic) bond motifs is 4. The molecule has 0 bridgehead atoms. The summed E-state index contributed by atoms with van der Waals surface area (Å²) in [5.74, 6) is 0.941. The molecule has 0 amide bonds. The molecular weight excluding hydrogens is 356 g/mol. The Labute approximate surface area is 163 Å². The molecule has 2 heterocycles. The van der Waals surface area contributed by atoms with Gasteiger partial charge in [-0.15, -0.1) is 0 Å². The Kier molecular flexibility index (Phi) is 4.10. The van der Waals surface area contributed by atoms with Gasteiger partial charge < -0.3 is 4.74 Å². The van der Waals surface area contributed by atoms with Gasteiger partial charge in [0.2, 0.25) is 0 Å². The minimum atomic E-state index is 0.165. The van der Waals surface area contributed by atoms with Crippen molar-refractivity contribution in [3.63, 3.8) is 0 Å². The summed E-state index contributed by atoms with van der Waals surface area (Å²) in [6.07, 6.45) is 0.851. The van der Waals surface area contributed by atoms with E-state index in [0.29, 0.717) is 6.61 Å². The van der Waals surface area contributed by atoms with Gasteiger partial charge in [-0.2, -0.15) is 5.10 Å². The van der Waals surface area contributed by atoms with E-state index in [2.05, 4.69) is 47.5 Å². The molecule has 0 aromatic heterocycles. The molecule has 3 aromatic rings. The van der Waals surface area contributed by atoms with E-state index in [-0.39, 0.29) is 6.04 Å². The van der Waals surface area contributed by atoms with Gasteiger partial charge in [0.25, 0.3) is 0 Å². The third-order valence-corrected chi connectivity index (χ3v) is 5.54. The molecule has 0 aliphatic carbocycles. The maximum absolute atomic E-state index is 6.20.